The standard InChI is InChI=1S/C10H9F3/c11-10(12,13)9-4-2-1-3-8(9)7-5-6-7/h1-4,7H,5-6H2/i7D. The van der Waals surface area contributed by atoms with Crippen LogP contribution in [0.15, 0.2) is 24.3 Å². The van der Waals surface area contributed by atoms with Gasteiger partial charge in [0.15, 0.2) is 0 Å². The molecule has 70 valence electrons. The van der Waals surface area contributed by atoms with Crippen molar-refractivity contribution in [2.24, 2.45) is 0 Å². The van der Waals surface area contributed by atoms with Crippen LogP contribution < -0.4 is 0 Å². The van der Waals surface area contributed by atoms with Crippen LogP contribution in [-0.4, -0.2) is 0 Å². The fourth-order valence-electron chi connectivity index (χ4n) is 1.37. The van der Waals surface area contributed by atoms with Crippen molar-refractivity contribution in [2.75, 3.05) is 0 Å². The van der Waals surface area contributed by atoms with Crippen molar-refractivity contribution in [3.05, 3.63) is 35.4 Å². The molecule has 0 aromatic heterocycles. The second-order valence-corrected chi connectivity index (χ2v) is 3.15. The van der Waals surface area contributed by atoms with Gasteiger partial charge in [-0.25, -0.2) is 0 Å². The van der Waals surface area contributed by atoms with E-state index in [9.17, 15) is 13.2 Å². The van der Waals surface area contributed by atoms with Crippen LogP contribution in [-0.2, 0) is 6.18 Å². The summed E-state index contributed by atoms with van der Waals surface area (Å²) in [5, 5.41) is 0. The van der Waals surface area contributed by atoms with Crippen LogP contribution in [0.25, 0.3) is 0 Å². The van der Waals surface area contributed by atoms with Gasteiger partial charge in [0.25, 0.3) is 0 Å². The first-order chi connectivity index (χ1) is 6.43. The van der Waals surface area contributed by atoms with E-state index in [-0.39, 0.29) is 5.56 Å². The Labute approximate surface area is 75.8 Å². The van der Waals surface area contributed by atoms with Gasteiger partial charge in [0.2, 0.25) is 0 Å². The van der Waals surface area contributed by atoms with Crippen molar-refractivity contribution in [1.82, 2.24) is 0 Å². The maximum absolute atomic E-state index is 12.5. The van der Waals surface area contributed by atoms with Crippen molar-refractivity contribution in [2.45, 2.75) is 24.9 Å². The number of hydrogen-bond donors (Lipinski definition) is 0. The molecule has 0 nitrogen and oxygen atoms in total. The first-order valence-electron chi connectivity index (χ1n) is 4.60. The van der Waals surface area contributed by atoms with E-state index >= 15 is 0 Å². The highest BCUT2D eigenvalue weighted by Gasteiger charge is 2.37. The topological polar surface area (TPSA) is 0 Å². The Bertz CT molecular complexity index is 328. The molecule has 0 saturated heterocycles. The molecule has 0 aliphatic heterocycles. The molecular formula is C10H9F3. The first kappa shape index (κ1) is 7.42. The zero-order valence-electron chi connectivity index (χ0n) is 7.86. The molecule has 0 radical (unpaired) electrons. The molecule has 0 amide bonds. The zero-order valence-corrected chi connectivity index (χ0v) is 6.86. The summed E-state index contributed by atoms with van der Waals surface area (Å²) in [7, 11) is 0. The lowest BCUT2D eigenvalue weighted by molar-refractivity contribution is -0.138. The minimum absolute atomic E-state index is 0.118. The van der Waals surface area contributed by atoms with Crippen molar-refractivity contribution in [3.8, 4) is 0 Å². The molecule has 0 unspecified atom stereocenters. The first-order valence-corrected chi connectivity index (χ1v) is 4.10. The Hall–Kier alpha value is -0.990. The van der Waals surface area contributed by atoms with E-state index in [0.717, 1.165) is 6.07 Å². The molecule has 1 fully saturated rings. The van der Waals surface area contributed by atoms with Gasteiger partial charge in [-0.15, -0.1) is 0 Å². The number of hydrogen-bond acceptors (Lipinski definition) is 0. The lowest BCUT2D eigenvalue weighted by atomic mass is 10.0. The Morgan fingerprint density at radius 1 is 1.23 bits per heavy atom. The number of halogens is 3. The summed E-state index contributed by atoms with van der Waals surface area (Å²) >= 11 is 0. The van der Waals surface area contributed by atoms with E-state index in [0.29, 0.717) is 12.8 Å². The summed E-state index contributed by atoms with van der Waals surface area (Å²) in [4.78, 5) is 0. The van der Waals surface area contributed by atoms with Gasteiger partial charge in [0.1, 0.15) is 0 Å². The van der Waals surface area contributed by atoms with Gasteiger partial charge in [-0.2, -0.15) is 13.2 Å². The minimum atomic E-state index is -4.34. The molecule has 0 atom stereocenters. The Kier molecular flexibility index (Phi) is 1.57. The third-order valence-corrected chi connectivity index (χ3v) is 2.11. The lowest BCUT2D eigenvalue weighted by Crippen LogP contribution is -2.08. The van der Waals surface area contributed by atoms with E-state index in [1.165, 1.54) is 12.1 Å². The average Bonchev–Trinajstić information content (AvgIpc) is 2.84. The summed E-state index contributed by atoms with van der Waals surface area (Å²) in [5.41, 5.74) is -0.542. The van der Waals surface area contributed by atoms with E-state index < -0.39 is 17.6 Å². The van der Waals surface area contributed by atoms with Gasteiger partial charge in [-0.1, -0.05) is 18.2 Å². The fourth-order valence-corrected chi connectivity index (χ4v) is 1.37. The van der Waals surface area contributed by atoms with Crippen molar-refractivity contribution in [1.29, 1.82) is 0 Å². The molecule has 1 aromatic carbocycles. The van der Waals surface area contributed by atoms with Crippen LogP contribution >= 0.6 is 0 Å². The maximum Gasteiger partial charge on any atom is 0.416 e. The fraction of sp³-hybridized carbons (Fsp3) is 0.400. The molecule has 1 aliphatic carbocycles. The second kappa shape index (κ2) is 2.76. The van der Waals surface area contributed by atoms with Gasteiger partial charge in [0.05, 0.1) is 5.56 Å². The monoisotopic (exact) mass is 187 g/mol. The van der Waals surface area contributed by atoms with E-state index in [1.54, 1.807) is 6.07 Å². The van der Waals surface area contributed by atoms with Crippen molar-refractivity contribution >= 4 is 0 Å². The van der Waals surface area contributed by atoms with Crippen LogP contribution in [0.3, 0.4) is 0 Å². The average molecular weight is 187 g/mol. The van der Waals surface area contributed by atoms with Gasteiger partial charge in [0, 0.05) is 1.37 Å². The zero-order chi connectivity index (χ0) is 10.4. The van der Waals surface area contributed by atoms with Gasteiger partial charge < -0.3 is 0 Å². The van der Waals surface area contributed by atoms with Gasteiger partial charge >= 0.3 is 6.18 Å². The van der Waals surface area contributed by atoms with Crippen LogP contribution in [0.4, 0.5) is 13.2 Å². The van der Waals surface area contributed by atoms with Gasteiger partial charge in [-0.05, 0) is 30.4 Å². The minimum Gasteiger partial charge on any atom is -0.166 e. The summed E-state index contributed by atoms with van der Waals surface area (Å²) < 4.78 is 45.3. The molecule has 0 spiro atoms. The normalized spacial score (nSPS) is 21.0. The van der Waals surface area contributed by atoms with Crippen LogP contribution in [0.2, 0.25) is 0 Å². The van der Waals surface area contributed by atoms with Crippen molar-refractivity contribution < 1.29 is 14.5 Å². The molecule has 0 bridgehead atoms. The number of rotatable bonds is 1. The van der Waals surface area contributed by atoms with Gasteiger partial charge in [-0.3, -0.25) is 0 Å². The van der Waals surface area contributed by atoms with Crippen LogP contribution in [0.1, 0.15) is 31.2 Å². The Morgan fingerprint density at radius 2 is 1.85 bits per heavy atom. The molecule has 0 N–H and O–H groups in total. The maximum atomic E-state index is 12.5. The highest BCUT2D eigenvalue weighted by Crippen LogP contribution is 2.45. The molecule has 1 aromatic rings. The SMILES string of the molecule is [2H]C1(c2ccccc2C(F)(F)F)CC1. The highest BCUT2D eigenvalue weighted by molar-refractivity contribution is 5.35. The molecule has 13 heavy (non-hydrogen) atoms. The Morgan fingerprint density at radius 3 is 2.38 bits per heavy atom. The lowest BCUT2D eigenvalue weighted by Gasteiger charge is -2.11. The second-order valence-electron chi connectivity index (χ2n) is 3.15. The largest absolute Gasteiger partial charge is 0.416 e. The molecule has 1 saturated carbocycles. The highest BCUT2D eigenvalue weighted by atomic mass is 19.4. The van der Waals surface area contributed by atoms with Crippen LogP contribution in [0.5, 0.6) is 0 Å². The summed E-state index contributed by atoms with van der Waals surface area (Å²) in [6.45, 7) is 0. The van der Waals surface area contributed by atoms with Crippen molar-refractivity contribution in [3.63, 3.8) is 0 Å². The third-order valence-electron chi connectivity index (χ3n) is 2.11. The number of alkyl halides is 3. The summed E-state index contributed by atoms with van der Waals surface area (Å²) in [5.74, 6) is -0.980. The molecule has 1 aliphatic rings. The van der Waals surface area contributed by atoms with E-state index in [1.807, 2.05) is 0 Å². The molecule has 2 rings (SSSR count). The van der Waals surface area contributed by atoms with E-state index in [2.05, 4.69) is 0 Å². The summed E-state index contributed by atoms with van der Waals surface area (Å²) in [6, 6.07) is 5.37. The smallest absolute Gasteiger partial charge is 0.166 e. The van der Waals surface area contributed by atoms with E-state index in [4.69, 9.17) is 1.37 Å². The van der Waals surface area contributed by atoms with Crippen LogP contribution in [0, 0.1) is 0 Å². The summed E-state index contributed by atoms with van der Waals surface area (Å²) in [6.07, 6.45) is -3.28. The quantitative estimate of drug-likeness (QED) is 0.630. The predicted octanol–water partition coefficient (Wildman–Crippen LogP) is 3.58. The molecule has 0 heterocycles. The predicted molar refractivity (Wildman–Crippen MR) is 43.4 cm³/mol. The molecule has 3 heteroatoms. The Balaban J connectivity index is 2.50. The molecular weight excluding hydrogens is 177 g/mol. The number of benzene rings is 1. The third kappa shape index (κ3) is 1.69.